The normalized spacial score (nSPS) is 21.0. The average molecular weight is 650 g/mol. The van der Waals surface area contributed by atoms with E-state index in [1.807, 2.05) is 43.9 Å². The predicted octanol–water partition coefficient (Wildman–Crippen LogP) is 5.34. The van der Waals surface area contributed by atoms with Crippen LogP contribution in [0.2, 0.25) is 0 Å². The summed E-state index contributed by atoms with van der Waals surface area (Å²) in [4.78, 5) is 50.1. The zero-order chi connectivity index (χ0) is 31.9. The van der Waals surface area contributed by atoms with Gasteiger partial charge in [-0.1, -0.05) is 57.2 Å². The molecule has 5 rings (SSSR count). The standard InChI is InChI=1S/C31H38F2N3O6PS/c1-30(2,3)27(34-28(37)26-17-21-16-22(11-12-25(21)44-26)31(32,33)43(39,40)41)29(38)36-13-7-10-23(36)18-35-14-15-42-24(19-35)20-8-5-4-6-9-20/h4-6,8-9,11-12,16-17,23-24,27H,7,10,13-15,18-19H2,1-3H3,(H,34,37)(H2,39,40,41). The minimum absolute atomic E-state index is 0.00258. The van der Waals surface area contributed by atoms with Crippen molar-refractivity contribution in [2.24, 2.45) is 5.41 Å². The molecule has 44 heavy (non-hydrogen) atoms. The van der Waals surface area contributed by atoms with Gasteiger partial charge in [0.25, 0.3) is 5.91 Å². The quantitative estimate of drug-likeness (QED) is 0.282. The van der Waals surface area contributed by atoms with E-state index in [2.05, 4.69) is 22.3 Å². The number of morpholine rings is 1. The van der Waals surface area contributed by atoms with E-state index >= 15 is 0 Å². The van der Waals surface area contributed by atoms with E-state index in [-0.39, 0.29) is 28.3 Å². The maximum Gasteiger partial charge on any atom is 0.399 e. The Morgan fingerprint density at radius 1 is 1.11 bits per heavy atom. The van der Waals surface area contributed by atoms with Gasteiger partial charge in [0, 0.05) is 42.5 Å². The van der Waals surface area contributed by atoms with E-state index in [0.29, 0.717) is 24.4 Å². The molecule has 3 heterocycles. The number of rotatable bonds is 8. The average Bonchev–Trinajstić information content (AvgIpc) is 3.61. The van der Waals surface area contributed by atoms with E-state index in [1.54, 1.807) is 0 Å². The van der Waals surface area contributed by atoms with Gasteiger partial charge in [-0.2, -0.15) is 8.78 Å². The number of nitrogens with zero attached hydrogens (tertiary/aromatic N) is 2. The van der Waals surface area contributed by atoms with E-state index in [0.717, 1.165) is 55.0 Å². The molecule has 9 nitrogen and oxygen atoms in total. The first-order chi connectivity index (χ1) is 20.6. The number of alkyl halides is 2. The molecule has 0 saturated carbocycles. The summed E-state index contributed by atoms with van der Waals surface area (Å²) in [6, 6.07) is 13.9. The van der Waals surface area contributed by atoms with Crippen molar-refractivity contribution in [2.45, 2.75) is 57.5 Å². The lowest BCUT2D eigenvalue weighted by Crippen LogP contribution is -2.57. The zero-order valence-corrected chi connectivity index (χ0v) is 26.6. The van der Waals surface area contributed by atoms with Crippen molar-refractivity contribution in [1.82, 2.24) is 15.1 Å². The highest BCUT2D eigenvalue weighted by atomic mass is 32.1. The fourth-order valence-electron chi connectivity index (χ4n) is 5.88. The van der Waals surface area contributed by atoms with Crippen LogP contribution in [-0.2, 0) is 19.8 Å². The smallest absolute Gasteiger partial charge is 0.371 e. The number of thiophene rings is 1. The number of carbonyl (C=O) groups is 2. The number of amides is 2. The highest BCUT2D eigenvalue weighted by Crippen LogP contribution is 2.59. The van der Waals surface area contributed by atoms with Gasteiger partial charge in [0.1, 0.15) is 6.04 Å². The van der Waals surface area contributed by atoms with Gasteiger partial charge in [0.05, 0.1) is 17.6 Å². The van der Waals surface area contributed by atoms with Crippen LogP contribution in [-0.4, -0.2) is 76.3 Å². The summed E-state index contributed by atoms with van der Waals surface area (Å²) in [5.74, 6) is -0.677. The molecule has 13 heteroatoms. The fourth-order valence-corrected chi connectivity index (χ4v) is 7.30. The highest BCUT2D eigenvalue weighted by Gasteiger charge is 2.50. The van der Waals surface area contributed by atoms with Gasteiger partial charge in [-0.3, -0.25) is 19.1 Å². The van der Waals surface area contributed by atoms with E-state index < -0.39 is 36.2 Å². The molecule has 1 aromatic heterocycles. The Balaban J connectivity index is 1.29. The summed E-state index contributed by atoms with van der Waals surface area (Å²) >= 11 is 1.06. The van der Waals surface area contributed by atoms with Crippen molar-refractivity contribution in [3.8, 4) is 0 Å². The summed E-state index contributed by atoms with van der Waals surface area (Å²) in [6.45, 7) is 9.07. The molecule has 238 valence electrons. The number of benzene rings is 2. The number of nitrogens with one attached hydrogen (secondary N) is 1. The molecule has 0 spiro atoms. The summed E-state index contributed by atoms with van der Waals surface area (Å²) in [5, 5.41) is 3.16. The van der Waals surface area contributed by atoms with Crippen molar-refractivity contribution in [2.75, 3.05) is 32.8 Å². The van der Waals surface area contributed by atoms with E-state index in [4.69, 9.17) is 14.5 Å². The molecule has 2 fully saturated rings. The van der Waals surface area contributed by atoms with Crippen LogP contribution in [0.3, 0.4) is 0 Å². The molecule has 3 atom stereocenters. The van der Waals surface area contributed by atoms with Crippen LogP contribution in [0.1, 0.15) is 60.5 Å². The molecular weight excluding hydrogens is 611 g/mol. The first kappa shape index (κ1) is 32.7. The molecule has 0 aliphatic carbocycles. The largest absolute Gasteiger partial charge is 0.399 e. The van der Waals surface area contributed by atoms with Crippen LogP contribution in [0.15, 0.2) is 54.6 Å². The van der Waals surface area contributed by atoms with Crippen molar-refractivity contribution in [3.63, 3.8) is 0 Å². The molecule has 2 aliphatic rings. The Morgan fingerprint density at radius 3 is 2.52 bits per heavy atom. The number of likely N-dealkylation sites (tertiary alicyclic amines) is 1. The zero-order valence-electron chi connectivity index (χ0n) is 24.9. The molecule has 2 saturated heterocycles. The Kier molecular flexibility index (Phi) is 9.33. The molecule has 2 amide bonds. The van der Waals surface area contributed by atoms with Gasteiger partial charge >= 0.3 is 13.3 Å². The highest BCUT2D eigenvalue weighted by molar-refractivity contribution is 7.52. The van der Waals surface area contributed by atoms with E-state index in [9.17, 15) is 22.9 Å². The van der Waals surface area contributed by atoms with Crippen LogP contribution in [0.25, 0.3) is 10.1 Å². The molecule has 2 aromatic carbocycles. The summed E-state index contributed by atoms with van der Waals surface area (Å²) in [6.07, 6.45) is 1.70. The van der Waals surface area contributed by atoms with Gasteiger partial charge in [-0.05, 0) is 47.4 Å². The minimum atomic E-state index is -5.74. The summed E-state index contributed by atoms with van der Waals surface area (Å²) in [7, 11) is -5.74. The summed E-state index contributed by atoms with van der Waals surface area (Å²) in [5.41, 5.74) is -4.68. The second-order valence-electron chi connectivity index (χ2n) is 12.6. The maximum atomic E-state index is 14.3. The third kappa shape index (κ3) is 6.90. The molecule has 2 aliphatic heterocycles. The first-order valence-corrected chi connectivity index (χ1v) is 17.1. The number of ether oxygens (including phenoxy) is 1. The number of hydrogen-bond acceptors (Lipinski definition) is 6. The van der Waals surface area contributed by atoms with Crippen LogP contribution in [0.4, 0.5) is 8.78 Å². The Bertz CT molecular complexity index is 1560. The Morgan fingerprint density at radius 2 is 1.84 bits per heavy atom. The number of carbonyl (C=O) groups excluding carboxylic acids is 2. The van der Waals surface area contributed by atoms with Gasteiger partial charge < -0.3 is 24.7 Å². The van der Waals surface area contributed by atoms with Gasteiger partial charge in [0.2, 0.25) is 5.91 Å². The van der Waals surface area contributed by atoms with Crippen LogP contribution >= 0.6 is 18.9 Å². The van der Waals surface area contributed by atoms with Crippen molar-refractivity contribution in [3.05, 3.63) is 70.6 Å². The number of halogens is 2. The topological polar surface area (TPSA) is 119 Å². The molecule has 3 unspecified atom stereocenters. The SMILES string of the molecule is CC(C)(C)C(NC(=O)c1cc2cc(C(F)(F)P(=O)(O)O)ccc2s1)C(=O)N1CCCC1CN1CCOC(c2ccccc2)C1. The third-order valence-corrected chi connectivity index (χ3v) is 10.4. The van der Waals surface area contributed by atoms with Crippen LogP contribution < -0.4 is 5.32 Å². The van der Waals surface area contributed by atoms with Crippen LogP contribution in [0.5, 0.6) is 0 Å². The predicted molar refractivity (Wildman–Crippen MR) is 165 cm³/mol. The number of hydrogen-bond donors (Lipinski definition) is 3. The lowest BCUT2D eigenvalue weighted by Gasteiger charge is -2.39. The molecule has 0 radical (unpaired) electrons. The van der Waals surface area contributed by atoms with E-state index in [1.165, 1.54) is 12.1 Å². The van der Waals surface area contributed by atoms with Crippen molar-refractivity contribution in [1.29, 1.82) is 0 Å². The lowest BCUT2D eigenvalue weighted by molar-refractivity contribution is -0.137. The minimum Gasteiger partial charge on any atom is -0.371 e. The second-order valence-corrected chi connectivity index (χ2v) is 15.3. The van der Waals surface area contributed by atoms with Gasteiger partial charge in [0.15, 0.2) is 0 Å². The molecule has 0 bridgehead atoms. The lowest BCUT2D eigenvalue weighted by atomic mass is 9.85. The monoisotopic (exact) mass is 649 g/mol. The maximum absolute atomic E-state index is 14.3. The van der Waals surface area contributed by atoms with Gasteiger partial charge in [-0.15, -0.1) is 11.3 Å². The molecule has 3 N–H and O–H groups in total. The Hall–Kier alpha value is -2.73. The second kappa shape index (κ2) is 12.6. The third-order valence-electron chi connectivity index (χ3n) is 8.29. The van der Waals surface area contributed by atoms with Crippen molar-refractivity contribution >= 4 is 40.8 Å². The molecule has 3 aromatic rings. The van der Waals surface area contributed by atoms with Gasteiger partial charge in [-0.25, -0.2) is 0 Å². The summed E-state index contributed by atoms with van der Waals surface area (Å²) < 4.78 is 46.4. The fraction of sp³-hybridized carbons (Fsp3) is 0.484. The Labute approximate surface area is 259 Å². The first-order valence-electron chi connectivity index (χ1n) is 14.6. The van der Waals surface area contributed by atoms with Crippen molar-refractivity contribution < 1.29 is 37.5 Å². The van der Waals surface area contributed by atoms with Crippen LogP contribution in [0, 0.1) is 5.41 Å². The number of fused-ring (bicyclic) bond motifs is 1. The molecular formula is C31H38F2N3O6PS.